The van der Waals surface area contributed by atoms with Crippen LogP contribution in [0.1, 0.15) is 23.2 Å². The summed E-state index contributed by atoms with van der Waals surface area (Å²) in [5.41, 5.74) is 0.628. The number of anilines is 1. The van der Waals surface area contributed by atoms with E-state index >= 15 is 0 Å². The van der Waals surface area contributed by atoms with E-state index in [-0.39, 0.29) is 10.6 Å². The number of nitrogens with one attached hydrogen (secondary N) is 1. The third-order valence-electron chi connectivity index (χ3n) is 4.47. The van der Waals surface area contributed by atoms with E-state index < -0.39 is 15.9 Å². The number of rotatable bonds is 6. The summed E-state index contributed by atoms with van der Waals surface area (Å²) in [6.45, 7) is 1.02. The number of hydrogen-bond acceptors (Lipinski definition) is 5. The van der Waals surface area contributed by atoms with Gasteiger partial charge in [-0.15, -0.1) is 0 Å². The Morgan fingerprint density at radius 1 is 1.00 bits per heavy atom. The fourth-order valence-electron chi connectivity index (χ4n) is 3.04. The van der Waals surface area contributed by atoms with Crippen molar-refractivity contribution in [3.8, 4) is 11.5 Å². The Balaban J connectivity index is 1.93. The molecule has 1 fully saturated rings. The van der Waals surface area contributed by atoms with Crippen molar-refractivity contribution in [3.63, 3.8) is 0 Å². The lowest BCUT2D eigenvalue weighted by atomic mass is 10.2. The predicted molar refractivity (Wildman–Crippen MR) is 102 cm³/mol. The van der Waals surface area contributed by atoms with Gasteiger partial charge in [-0.1, -0.05) is 12.1 Å². The molecule has 3 rings (SSSR count). The Labute approximate surface area is 158 Å². The standard InChI is InChI=1S/C19H22N2O5S/c1-25-17-8-4-3-7-15(17)19(22)20-16-13-14(9-10-18(16)26-2)27(23,24)21-11-5-6-12-21/h3-4,7-10,13H,5-6,11-12H2,1-2H3,(H,20,22). The van der Waals surface area contributed by atoms with Crippen molar-refractivity contribution in [2.75, 3.05) is 32.6 Å². The van der Waals surface area contributed by atoms with Crippen molar-refractivity contribution < 1.29 is 22.7 Å². The molecule has 7 nitrogen and oxygen atoms in total. The zero-order chi connectivity index (χ0) is 19.4. The summed E-state index contributed by atoms with van der Waals surface area (Å²) in [5, 5.41) is 2.73. The monoisotopic (exact) mass is 390 g/mol. The molecule has 8 heteroatoms. The van der Waals surface area contributed by atoms with Gasteiger partial charge in [-0.3, -0.25) is 4.79 Å². The van der Waals surface area contributed by atoms with E-state index in [1.165, 1.54) is 30.7 Å². The van der Waals surface area contributed by atoms with Gasteiger partial charge in [0.2, 0.25) is 10.0 Å². The van der Waals surface area contributed by atoms with E-state index in [1.54, 1.807) is 30.3 Å². The van der Waals surface area contributed by atoms with Crippen molar-refractivity contribution in [1.29, 1.82) is 0 Å². The van der Waals surface area contributed by atoms with Crippen LogP contribution in [0.5, 0.6) is 11.5 Å². The molecule has 1 aliphatic heterocycles. The second-order valence-electron chi connectivity index (χ2n) is 6.13. The van der Waals surface area contributed by atoms with Gasteiger partial charge in [0.15, 0.2) is 0 Å². The smallest absolute Gasteiger partial charge is 0.259 e. The number of benzene rings is 2. The number of carbonyl (C=O) groups excluding carboxylic acids is 1. The molecule has 1 aliphatic rings. The molecule has 0 atom stereocenters. The van der Waals surface area contributed by atoms with Crippen LogP contribution in [0.4, 0.5) is 5.69 Å². The molecule has 0 unspecified atom stereocenters. The lowest BCUT2D eigenvalue weighted by Crippen LogP contribution is -2.28. The van der Waals surface area contributed by atoms with Crippen LogP contribution in [-0.2, 0) is 10.0 Å². The zero-order valence-electron chi connectivity index (χ0n) is 15.3. The van der Waals surface area contributed by atoms with Crippen LogP contribution in [0.15, 0.2) is 47.4 Å². The Hall–Kier alpha value is -2.58. The van der Waals surface area contributed by atoms with Crippen molar-refractivity contribution in [2.24, 2.45) is 0 Å². The van der Waals surface area contributed by atoms with Crippen LogP contribution >= 0.6 is 0 Å². The molecule has 144 valence electrons. The summed E-state index contributed by atoms with van der Waals surface area (Å²) in [6, 6.07) is 11.3. The molecular weight excluding hydrogens is 368 g/mol. The molecule has 1 heterocycles. The largest absolute Gasteiger partial charge is 0.496 e. The summed E-state index contributed by atoms with van der Waals surface area (Å²) < 4.78 is 37.5. The van der Waals surface area contributed by atoms with E-state index in [1.807, 2.05) is 0 Å². The number of amides is 1. The Kier molecular flexibility index (Phi) is 5.67. The SMILES string of the molecule is COc1ccc(S(=O)(=O)N2CCCC2)cc1NC(=O)c1ccccc1OC. The molecule has 2 aromatic carbocycles. The maximum Gasteiger partial charge on any atom is 0.259 e. The van der Waals surface area contributed by atoms with Gasteiger partial charge in [0.05, 0.1) is 30.4 Å². The van der Waals surface area contributed by atoms with E-state index in [4.69, 9.17) is 9.47 Å². The first kappa shape index (κ1) is 19.2. The van der Waals surface area contributed by atoms with Gasteiger partial charge in [-0.25, -0.2) is 8.42 Å². The molecule has 0 bridgehead atoms. The van der Waals surface area contributed by atoms with Crippen molar-refractivity contribution in [1.82, 2.24) is 4.31 Å². The van der Waals surface area contributed by atoms with E-state index in [0.717, 1.165) is 12.8 Å². The van der Waals surface area contributed by atoms with Crippen LogP contribution in [0.2, 0.25) is 0 Å². The maximum absolute atomic E-state index is 12.8. The molecule has 0 aliphatic carbocycles. The molecule has 1 amide bonds. The fourth-order valence-corrected chi connectivity index (χ4v) is 4.59. The average Bonchev–Trinajstić information content (AvgIpc) is 3.23. The van der Waals surface area contributed by atoms with Crippen LogP contribution in [0.3, 0.4) is 0 Å². The quantitative estimate of drug-likeness (QED) is 0.820. The first-order chi connectivity index (χ1) is 13.0. The van der Waals surface area contributed by atoms with Crippen molar-refractivity contribution in [2.45, 2.75) is 17.7 Å². The first-order valence-electron chi connectivity index (χ1n) is 8.60. The number of nitrogens with zero attached hydrogens (tertiary/aromatic N) is 1. The first-order valence-corrected chi connectivity index (χ1v) is 10.0. The maximum atomic E-state index is 12.8. The topological polar surface area (TPSA) is 84.9 Å². The van der Waals surface area contributed by atoms with Gasteiger partial charge in [-0.2, -0.15) is 4.31 Å². The van der Waals surface area contributed by atoms with Gasteiger partial charge in [0, 0.05) is 13.1 Å². The predicted octanol–water partition coefficient (Wildman–Crippen LogP) is 2.74. The zero-order valence-corrected chi connectivity index (χ0v) is 16.1. The lowest BCUT2D eigenvalue weighted by molar-refractivity contribution is 0.102. The third kappa shape index (κ3) is 3.91. The Morgan fingerprint density at radius 2 is 1.67 bits per heavy atom. The summed E-state index contributed by atoms with van der Waals surface area (Å²) in [6.07, 6.45) is 1.71. The molecule has 1 N–H and O–H groups in total. The number of ether oxygens (including phenoxy) is 2. The minimum atomic E-state index is -3.60. The molecule has 2 aromatic rings. The number of para-hydroxylation sites is 1. The highest BCUT2D eigenvalue weighted by Gasteiger charge is 2.28. The van der Waals surface area contributed by atoms with Gasteiger partial charge in [0.1, 0.15) is 11.5 Å². The number of hydrogen-bond donors (Lipinski definition) is 1. The highest BCUT2D eigenvalue weighted by molar-refractivity contribution is 7.89. The molecule has 0 radical (unpaired) electrons. The molecule has 0 aromatic heterocycles. The summed E-state index contributed by atoms with van der Waals surface area (Å²) in [7, 11) is -0.655. The van der Waals surface area contributed by atoms with Crippen molar-refractivity contribution >= 4 is 21.6 Å². The van der Waals surface area contributed by atoms with Gasteiger partial charge >= 0.3 is 0 Å². The normalized spacial score (nSPS) is 14.7. The Bertz CT molecular complexity index is 937. The molecular formula is C19H22N2O5S. The van der Waals surface area contributed by atoms with Crippen LogP contribution in [0.25, 0.3) is 0 Å². The lowest BCUT2D eigenvalue weighted by Gasteiger charge is -2.18. The minimum absolute atomic E-state index is 0.125. The second kappa shape index (κ2) is 7.98. The molecule has 0 saturated carbocycles. The minimum Gasteiger partial charge on any atom is -0.496 e. The summed E-state index contributed by atoms with van der Waals surface area (Å²) in [4.78, 5) is 12.8. The average molecular weight is 390 g/mol. The summed E-state index contributed by atoms with van der Waals surface area (Å²) >= 11 is 0. The van der Waals surface area contributed by atoms with Crippen LogP contribution < -0.4 is 14.8 Å². The number of sulfonamides is 1. The van der Waals surface area contributed by atoms with Gasteiger partial charge < -0.3 is 14.8 Å². The van der Waals surface area contributed by atoms with E-state index in [2.05, 4.69) is 5.32 Å². The molecule has 27 heavy (non-hydrogen) atoms. The number of methoxy groups -OCH3 is 2. The second-order valence-corrected chi connectivity index (χ2v) is 8.07. The van der Waals surface area contributed by atoms with E-state index in [0.29, 0.717) is 30.2 Å². The highest BCUT2D eigenvalue weighted by Crippen LogP contribution is 2.31. The number of carbonyl (C=O) groups is 1. The fraction of sp³-hybridized carbons (Fsp3) is 0.316. The highest BCUT2D eigenvalue weighted by atomic mass is 32.2. The van der Waals surface area contributed by atoms with E-state index in [9.17, 15) is 13.2 Å². The van der Waals surface area contributed by atoms with Crippen LogP contribution in [-0.4, -0.2) is 45.9 Å². The molecule has 0 spiro atoms. The Morgan fingerprint density at radius 3 is 2.33 bits per heavy atom. The third-order valence-corrected chi connectivity index (χ3v) is 6.37. The molecule has 1 saturated heterocycles. The van der Waals surface area contributed by atoms with Crippen molar-refractivity contribution in [3.05, 3.63) is 48.0 Å². The summed E-state index contributed by atoms with van der Waals surface area (Å²) in [5.74, 6) is 0.384. The van der Waals surface area contributed by atoms with Gasteiger partial charge in [-0.05, 0) is 43.2 Å². The van der Waals surface area contributed by atoms with Gasteiger partial charge in [0.25, 0.3) is 5.91 Å². The van der Waals surface area contributed by atoms with Crippen LogP contribution in [0, 0.1) is 0 Å².